The molecule has 1 aliphatic rings. The lowest BCUT2D eigenvalue weighted by Gasteiger charge is -2.13. The summed E-state index contributed by atoms with van der Waals surface area (Å²) in [7, 11) is 1.60. The molecule has 1 amide bonds. The lowest BCUT2D eigenvalue weighted by molar-refractivity contribution is -0.132. The number of carbonyl (C=O) groups is 1. The minimum atomic E-state index is -0.410. The van der Waals surface area contributed by atoms with Gasteiger partial charge in [-0.25, -0.2) is 4.98 Å². The summed E-state index contributed by atoms with van der Waals surface area (Å²) in [6, 6.07) is 10.9. The molecule has 7 heteroatoms. The fourth-order valence-electron chi connectivity index (χ4n) is 2.74. The highest BCUT2D eigenvalue weighted by Gasteiger charge is 2.29. The summed E-state index contributed by atoms with van der Waals surface area (Å²) in [5.74, 6) is 1.72. The number of hydrogen-bond acceptors (Lipinski definition) is 6. The van der Waals surface area contributed by atoms with Crippen molar-refractivity contribution in [3.63, 3.8) is 0 Å². The molecule has 0 aliphatic carbocycles. The Bertz CT molecular complexity index is 736. The Morgan fingerprint density at radius 2 is 2.15 bits per heavy atom. The first-order chi connectivity index (χ1) is 12.7. The minimum absolute atomic E-state index is 0.0135. The van der Waals surface area contributed by atoms with Gasteiger partial charge in [-0.3, -0.25) is 4.79 Å². The first-order valence-corrected chi connectivity index (χ1v) is 8.58. The number of nitrogens with zero attached hydrogens (tertiary/aromatic N) is 1. The van der Waals surface area contributed by atoms with Crippen LogP contribution < -0.4 is 20.5 Å². The number of rotatable bonds is 7. The molecule has 7 nitrogen and oxygen atoms in total. The fourth-order valence-corrected chi connectivity index (χ4v) is 2.74. The molecule has 1 aromatic heterocycles. The van der Waals surface area contributed by atoms with Crippen LogP contribution in [0.5, 0.6) is 17.4 Å². The molecule has 0 saturated carbocycles. The minimum Gasteiger partial charge on any atom is -0.497 e. The third kappa shape index (κ3) is 4.71. The van der Waals surface area contributed by atoms with E-state index in [0.717, 1.165) is 12.0 Å². The van der Waals surface area contributed by atoms with Crippen molar-refractivity contribution in [2.45, 2.75) is 31.6 Å². The third-order valence-corrected chi connectivity index (χ3v) is 4.19. The zero-order valence-electron chi connectivity index (χ0n) is 14.7. The molecule has 1 saturated heterocycles. The topological polar surface area (TPSA) is 95.7 Å². The van der Waals surface area contributed by atoms with Crippen LogP contribution in [0.3, 0.4) is 0 Å². The molecule has 3 N–H and O–H groups in total. The van der Waals surface area contributed by atoms with Crippen LogP contribution in [0.4, 0.5) is 0 Å². The standard InChI is InChI=1S/C19H23N3O4/c1-24-14-3-2-4-15(9-14)26-18-8-5-13(11-21-18)12-22-19(23)17-7-6-16(10-20)25-17/h2-5,8-9,11,16-17H,6-7,10,12,20H2,1H3,(H,22,23)/t16-,17+/m1/s1. The molecule has 1 aliphatic heterocycles. The first kappa shape index (κ1) is 18.2. The van der Waals surface area contributed by atoms with Crippen LogP contribution in [-0.4, -0.2) is 36.8 Å². The van der Waals surface area contributed by atoms with Gasteiger partial charge in [0.15, 0.2) is 0 Å². The van der Waals surface area contributed by atoms with Crippen molar-refractivity contribution in [3.8, 4) is 17.4 Å². The number of nitrogens with one attached hydrogen (secondary N) is 1. The fraction of sp³-hybridized carbons (Fsp3) is 0.368. The third-order valence-electron chi connectivity index (χ3n) is 4.19. The smallest absolute Gasteiger partial charge is 0.249 e. The second-order valence-electron chi connectivity index (χ2n) is 6.06. The van der Waals surface area contributed by atoms with Crippen LogP contribution in [-0.2, 0) is 16.1 Å². The molecule has 3 rings (SSSR count). The molecule has 0 spiro atoms. The first-order valence-electron chi connectivity index (χ1n) is 8.58. The molecule has 0 bridgehead atoms. The number of amides is 1. The van der Waals surface area contributed by atoms with Crippen molar-refractivity contribution >= 4 is 5.91 Å². The van der Waals surface area contributed by atoms with Crippen molar-refractivity contribution < 1.29 is 19.0 Å². The molecule has 0 unspecified atom stereocenters. The normalized spacial score (nSPS) is 19.2. The summed E-state index contributed by atoms with van der Waals surface area (Å²) < 4.78 is 16.4. The number of ether oxygens (including phenoxy) is 3. The number of pyridine rings is 1. The van der Waals surface area contributed by atoms with Crippen LogP contribution in [0.1, 0.15) is 18.4 Å². The van der Waals surface area contributed by atoms with E-state index in [4.69, 9.17) is 19.9 Å². The zero-order chi connectivity index (χ0) is 18.4. The summed E-state index contributed by atoms with van der Waals surface area (Å²) in [6.07, 6.45) is 2.78. The van der Waals surface area contributed by atoms with Gasteiger partial charge < -0.3 is 25.3 Å². The van der Waals surface area contributed by atoms with Gasteiger partial charge in [0, 0.05) is 31.4 Å². The van der Waals surface area contributed by atoms with Crippen molar-refractivity contribution in [2.24, 2.45) is 5.73 Å². The predicted octanol–water partition coefficient (Wildman–Crippen LogP) is 2.00. The Hall–Kier alpha value is -2.64. The molecule has 0 radical (unpaired) electrons. The van der Waals surface area contributed by atoms with Crippen molar-refractivity contribution in [1.82, 2.24) is 10.3 Å². The maximum Gasteiger partial charge on any atom is 0.249 e. The Kier molecular flexibility index (Phi) is 6.04. The maximum absolute atomic E-state index is 12.1. The van der Waals surface area contributed by atoms with E-state index in [1.54, 1.807) is 25.4 Å². The molecule has 2 heterocycles. The van der Waals surface area contributed by atoms with Crippen molar-refractivity contribution in [1.29, 1.82) is 0 Å². The Morgan fingerprint density at radius 1 is 1.31 bits per heavy atom. The highest BCUT2D eigenvalue weighted by Crippen LogP contribution is 2.24. The zero-order valence-corrected chi connectivity index (χ0v) is 14.7. The van der Waals surface area contributed by atoms with Gasteiger partial charge in [0.2, 0.25) is 11.8 Å². The lowest BCUT2D eigenvalue weighted by atomic mass is 10.2. The van der Waals surface area contributed by atoms with Gasteiger partial charge in [0.1, 0.15) is 17.6 Å². The summed E-state index contributed by atoms with van der Waals surface area (Å²) in [4.78, 5) is 16.4. The van der Waals surface area contributed by atoms with Gasteiger partial charge in [-0.05, 0) is 30.5 Å². The van der Waals surface area contributed by atoms with Crippen LogP contribution >= 0.6 is 0 Å². The van der Waals surface area contributed by atoms with E-state index < -0.39 is 6.10 Å². The summed E-state index contributed by atoms with van der Waals surface area (Å²) >= 11 is 0. The Balaban J connectivity index is 1.50. The number of carbonyl (C=O) groups excluding carboxylic acids is 1. The van der Waals surface area contributed by atoms with E-state index in [9.17, 15) is 4.79 Å². The number of methoxy groups -OCH3 is 1. The van der Waals surface area contributed by atoms with Crippen LogP contribution in [0.2, 0.25) is 0 Å². The number of nitrogens with two attached hydrogens (primary N) is 1. The van der Waals surface area contributed by atoms with Crippen LogP contribution in [0.25, 0.3) is 0 Å². The molecule has 2 aromatic rings. The maximum atomic E-state index is 12.1. The van der Waals surface area contributed by atoms with Gasteiger partial charge in [0.05, 0.1) is 13.2 Å². The van der Waals surface area contributed by atoms with E-state index in [1.165, 1.54) is 0 Å². The van der Waals surface area contributed by atoms with Crippen molar-refractivity contribution in [2.75, 3.05) is 13.7 Å². The predicted molar refractivity (Wildman–Crippen MR) is 96.1 cm³/mol. The largest absolute Gasteiger partial charge is 0.497 e. The second kappa shape index (κ2) is 8.64. The van der Waals surface area contributed by atoms with E-state index in [-0.39, 0.29) is 12.0 Å². The van der Waals surface area contributed by atoms with Gasteiger partial charge >= 0.3 is 0 Å². The van der Waals surface area contributed by atoms with Gasteiger partial charge in [-0.2, -0.15) is 0 Å². The Morgan fingerprint density at radius 3 is 2.85 bits per heavy atom. The van der Waals surface area contributed by atoms with E-state index in [2.05, 4.69) is 10.3 Å². The molecular weight excluding hydrogens is 334 g/mol. The van der Waals surface area contributed by atoms with Crippen molar-refractivity contribution in [3.05, 3.63) is 48.2 Å². The van der Waals surface area contributed by atoms with Gasteiger partial charge in [-0.15, -0.1) is 0 Å². The quantitative estimate of drug-likeness (QED) is 0.787. The Labute approximate surface area is 152 Å². The second-order valence-corrected chi connectivity index (χ2v) is 6.06. The summed E-state index contributed by atoms with van der Waals surface area (Å²) in [6.45, 7) is 0.834. The average molecular weight is 357 g/mol. The summed E-state index contributed by atoms with van der Waals surface area (Å²) in [5.41, 5.74) is 6.44. The number of aromatic nitrogens is 1. The molecule has 26 heavy (non-hydrogen) atoms. The lowest BCUT2D eigenvalue weighted by Crippen LogP contribution is -2.35. The average Bonchev–Trinajstić information content (AvgIpc) is 3.17. The van der Waals surface area contributed by atoms with Gasteiger partial charge in [0.25, 0.3) is 0 Å². The van der Waals surface area contributed by atoms with Crippen LogP contribution in [0, 0.1) is 0 Å². The van der Waals surface area contributed by atoms with Gasteiger partial charge in [-0.1, -0.05) is 12.1 Å². The molecule has 1 aromatic carbocycles. The highest BCUT2D eigenvalue weighted by atomic mass is 16.5. The monoisotopic (exact) mass is 357 g/mol. The molecular formula is C19H23N3O4. The van der Waals surface area contributed by atoms with E-state index in [1.807, 2.05) is 24.3 Å². The van der Waals surface area contributed by atoms with E-state index >= 15 is 0 Å². The van der Waals surface area contributed by atoms with E-state index in [0.29, 0.717) is 36.9 Å². The molecule has 2 atom stereocenters. The SMILES string of the molecule is COc1cccc(Oc2ccc(CNC(=O)[C@@H]3CC[C@H](CN)O3)cn2)c1. The van der Waals surface area contributed by atoms with Crippen LogP contribution in [0.15, 0.2) is 42.6 Å². The number of hydrogen-bond donors (Lipinski definition) is 2. The number of benzene rings is 1. The molecule has 138 valence electrons. The summed E-state index contributed by atoms with van der Waals surface area (Å²) in [5, 5.41) is 2.87. The molecule has 1 fully saturated rings. The highest BCUT2D eigenvalue weighted by molar-refractivity contribution is 5.81.